The summed E-state index contributed by atoms with van der Waals surface area (Å²) in [5.41, 5.74) is 0.926. The Morgan fingerprint density at radius 2 is 1.74 bits per heavy atom. The molecule has 0 spiro atoms. The lowest BCUT2D eigenvalue weighted by Gasteiger charge is -2.61. The van der Waals surface area contributed by atoms with E-state index in [2.05, 4.69) is 29.6 Å². The highest BCUT2D eigenvalue weighted by atomic mass is 16.5. The molecule has 0 saturated heterocycles. The molecule has 0 heterocycles. The second kappa shape index (κ2) is 8.64. The van der Waals surface area contributed by atoms with Crippen molar-refractivity contribution < 1.29 is 19.1 Å². The first kappa shape index (κ1) is 21.8. The molecule has 0 radical (unpaired) electrons. The Labute approximate surface area is 184 Å². The first-order valence-corrected chi connectivity index (χ1v) is 11.7. The predicted octanol–water partition coefficient (Wildman–Crippen LogP) is 3.05. The highest BCUT2D eigenvalue weighted by molar-refractivity contribution is 5.87. The minimum Gasteiger partial charge on any atom is -0.455 e. The van der Waals surface area contributed by atoms with Gasteiger partial charge in [0, 0.05) is 13.1 Å². The number of carbonyl (C=O) groups excluding carboxylic acids is 3. The van der Waals surface area contributed by atoms with E-state index >= 15 is 0 Å². The highest BCUT2D eigenvalue weighted by Crippen LogP contribution is 2.66. The Bertz CT molecular complexity index is 823. The van der Waals surface area contributed by atoms with E-state index < -0.39 is 5.41 Å². The normalized spacial score (nSPS) is 30.6. The van der Waals surface area contributed by atoms with Crippen LogP contribution in [0.15, 0.2) is 30.3 Å². The van der Waals surface area contributed by atoms with Gasteiger partial charge >= 0.3 is 5.97 Å². The lowest BCUT2D eigenvalue weighted by Crippen LogP contribution is -2.57. The number of hydrogen-bond donors (Lipinski definition) is 1. The van der Waals surface area contributed by atoms with Crippen molar-refractivity contribution in [3.05, 3.63) is 35.9 Å². The van der Waals surface area contributed by atoms with E-state index in [1.807, 2.05) is 19.9 Å². The van der Waals surface area contributed by atoms with Gasteiger partial charge in [-0.05, 0) is 75.2 Å². The molecule has 0 aliphatic heterocycles. The largest absolute Gasteiger partial charge is 0.455 e. The fourth-order valence-corrected chi connectivity index (χ4v) is 6.81. The fourth-order valence-electron chi connectivity index (χ4n) is 6.81. The van der Waals surface area contributed by atoms with E-state index in [1.54, 1.807) is 0 Å². The van der Waals surface area contributed by atoms with Crippen LogP contribution in [0.4, 0.5) is 0 Å². The Balaban J connectivity index is 1.44. The zero-order valence-electron chi connectivity index (χ0n) is 18.7. The van der Waals surface area contributed by atoms with Crippen LogP contribution in [0.3, 0.4) is 0 Å². The summed E-state index contributed by atoms with van der Waals surface area (Å²) in [6.07, 6.45) is 6.08. The maximum atomic E-state index is 13.3. The van der Waals surface area contributed by atoms with Crippen LogP contribution in [0.2, 0.25) is 0 Å². The third kappa shape index (κ3) is 4.21. The summed E-state index contributed by atoms with van der Waals surface area (Å²) < 4.78 is 5.63. The number of rotatable bonds is 8. The average Bonchev–Trinajstić information content (AvgIpc) is 2.75. The number of nitrogens with one attached hydrogen (secondary N) is 1. The van der Waals surface area contributed by atoms with E-state index in [9.17, 15) is 14.4 Å². The van der Waals surface area contributed by atoms with Crippen LogP contribution < -0.4 is 5.32 Å². The van der Waals surface area contributed by atoms with Gasteiger partial charge in [0.2, 0.25) is 5.91 Å². The molecule has 6 nitrogen and oxygen atoms in total. The van der Waals surface area contributed by atoms with Gasteiger partial charge in [0.25, 0.3) is 5.91 Å². The molecule has 0 aromatic heterocycles. The third-order valence-electron chi connectivity index (χ3n) is 7.65. The van der Waals surface area contributed by atoms with Crippen LogP contribution in [0.25, 0.3) is 0 Å². The molecule has 4 fully saturated rings. The Kier molecular flexibility index (Phi) is 6.09. The predicted molar refractivity (Wildman–Crippen MR) is 117 cm³/mol. The summed E-state index contributed by atoms with van der Waals surface area (Å²) >= 11 is 0. The molecule has 1 N–H and O–H groups in total. The van der Waals surface area contributed by atoms with Crippen molar-refractivity contribution in [3.8, 4) is 0 Å². The zero-order valence-corrected chi connectivity index (χ0v) is 18.7. The van der Waals surface area contributed by atoms with Crippen LogP contribution in [0, 0.1) is 17.3 Å². The maximum absolute atomic E-state index is 13.3. The van der Waals surface area contributed by atoms with Crippen LogP contribution >= 0.6 is 0 Å². The molecular weight excluding hydrogens is 392 g/mol. The van der Waals surface area contributed by atoms with Gasteiger partial charge in [-0.3, -0.25) is 14.4 Å². The van der Waals surface area contributed by atoms with E-state index in [4.69, 9.17) is 4.74 Å². The molecule has 4 aliphatic rings. The first-order valence-electron chi connectivity index (χ1n) is 11.7. The summed E-state index contributed by atoms with van der Waals surface area (Å²) in [6, 6.07) is 10.6. The van der Waals surface area contributed by atoms with Crippen molar-refractivity contribution in [1.29, 1.82) is 0 Å². The summed E-state index contributed by atoms with van der Waals surface area (Å²) in [4.78, 5) is 39.2. The molecule has 4 bridgehead atoms. The second-order valence-electron chi connectivity index (χ2n) is 9.83. The highest BCUT2D eigenvalue weighted by Gasteiger charge is 2.61. The maximum Gasteiger partial charge on any atom is 0.312 e. The number of esters is 1. The number of nitrogens with zero attached hydrogens (tertiary/aromatic N) is 1. The third-order valence-corrected chi connectivity index (χ3v) is 7.65. The van der Waals surface area contributed by atoms with Gasteiger partial charge in [0.15, 0.2) is 6.61 Å². The van der Waals surface area contributed by atoms with Crippen molar-refractivity contribution in [2.45, 2.75) is 57.8 Å². The quantitative estimate of drug-likeness (QED) is 0.649. The van der Waals surface area contributed by atoms with E-state index in [0.29, 0.717) is 24.9 Å². The molecule has 4 aliphatic carbocycles. The van der Waals surface area contributed by atoms with Gasteiger partial charge in [-0.15, -0.1) is 0 Å². The number of ether oxygens (including phenoxy) is 1. The van der Waals surface area contributed by atoms with Gasteiger partial charge in [0.05, 0.1) is 12.0 Å². The SMILES string of the molecule is CCNC(=O)CN(CC)C(=O)COC(=O)C12C[C@H]3C[C@@H](C1)CC(c1ccccc1)(C3)C2. The molecule has 168 valence electrons. The molecule has 5 rings (SSSR count). The Morgan fingerprint density at radius 1 is 1.06 bits per heavy atom. The molecular formula is C25H34N2O4. The number of likely N-dealkylation sites (N-methyl/N-ethyl adjacent to an activating group) is 2. The number of benzene rings is 1. The topological polar surface area (TPSA) is 75.7 Å². The Hall–Kier alpha value is -2.37. The van der Waals surface area contributed by atoms with Crippen LogP contribution in [0.1, 0.15) is 57.9 Å². The van der Waals surface area contributed by atoms with E-state index in [-0.39, 0.29) is 36.4 Å². The zero-order chi connectivity index (χ0) is 22.1. The first-order chi connectivity index (χ1) is 14.9. The van der Waals surface area contributed by atoms with Gasteiger partial charge in [-0.2, -0.15) is 0 Å². The van der Waals surface area contributed by atoms with Crippen molar-refractivity contribution >= 4 is 17.8 Å². The average molecular weight is 427 g/mol. The monoisotopic (exact) mass is 426 g/mol. The van der Waals surface area contributed by atoms with Crippen LogP contribution in [-0.2, 0) is 24.5 Å². The van der Waals surface area contributed by atoms with Gasteiger partial charge < -0.3 is 15.0 Å². The minimum absolute atomic E-state index is 0.00681. The molecule has 4 saturated carbocycles. The van der Waals surface area contributed by atoms with E-state index in [1.165, 1.54) is 16.9 Å². The molecule has 31 heavy (non-hydrogen) atoms. The fraction of sp³-hybridized carbons (Fsp3) is 0.640. The van der Waals surface area contributed by atoms with Crippen molar-refractivity contribution in [2.24, 2.45) is 17.3 Å². The van der Waals surface area contributed by atoms with Gasteiger partial charge in [-0.25, -0.2) is 0 Å². The summed E-state index contributed by atoms with van der Waals surface area (Å²) in [5, 5.41) is 2.70. The molecule has 2 amide bonds. The van der Waals surface area contributed by atoms with E-state index in [0.717, 1.165) is 32.1 Å². The molecule has 2 unspecified atom stereocenters. The lowest BCUT2D eigenvalue weighted by molar-refractivity contribution is -0.176. The van der Waals surface area contributed by atoms with Crippen LogP contribution in [-0.4, -0.2) is 48.9 Å². The number of amides is 2. The van der Waals surface area contributed by atoms with Crippen molar-refractivity contribution in [3.63, 3.8) is 0 Å². The van der Waals surface area contributed by atoms with Gasteiger partial charge in [0.1, 0.15) is 0 Å². The van der Waals surface area contributed by atoms with Crippen LogP contribution in [0.5, 0.6) is 0 Å². The second-order valence-corrected chi connectivity index (χ2v) is 9.83. The smallest absolute Gasteiger partial charge is 0.312 e. The summed E-state index contributed by atoms with van der Waals surface area (Å²) in [7, 11) is 0. The summed E-state index contributed by atoms with van der Waals surface area (Å²) in [6.45, 7) is 4.29. The minimum atomic E-state index is -0.475. The number of hydrogen-bond acceptors (Lipinski definition) is 4. The number of carbonyl (C=O) groups is 3. The van der Waals surface area contributed by atoms with Gasteiger partial charge in [-0.1, -0.05) is 30.3 Å². The molecule has 6 heteroatoms. The van der Waals surface area contributed by atoms with Crippen molar-refractivity contribution in [1.82, 2.24) is 10.2 Å². The Morgan fingerprint density at radius 3 is 2.35 bits per heavy atom. The molecule has 1 aromatic carbocycles. The molecule has 1 aromatic rings. The summed E-state index contributed by atoms with van der Waals surface area (Å²) in [5.74, 6) is 0.369. The molecule has 4 atom stereocenters. The lowest BCUT2D eigenvalue weighted by atomic mass is 9.43. The standard InChI is InChI=1S/C25H34N2O4/c1-3-26-21(28)15-27(4-2)22(29)16-31-23(30)25-13-18-10-19(14-25)12-24(11-18,17-25)20-8-6-5-7-9-20/h5-9,18-19H,3-4,10-17H2,1-2H3,(H,26,28)/t18-,19+,24?,25?. The van der Waals surface area contributed by atoms with Crippen molar-refractivity contribution in [2.75, 3.05) is 26.2 Å².